The lowest BCUT2D eigenvalue weighted by Gasteiger charge is -2.10. The van der Waals surface area contributed by atoms with Gasteiger partial charge in [-0.15, -0.1) is 0 Å². The number of anilines is 3. The number of rotatable bonds is 7. The first-order chi connectivity index (χ1) is 13.3. The molecule has 4 aromatic rings. The molecule has 0 bridgehead atoms. The Hall–Kier alpha value is -3.68. The van der Waals surface area contributed by atoms with Gasteiger partial charge in [-0.3, -0.25) is 4.98 Å². The van der Waals surface area contributed by atoms with Gasteiger partial charge in [-0.05, 0) is 48.2 Å². The second-order valence-electron chi connectivity index (χ2n) is 5.81. The van der Waals surface area contributed by atoms with Gasteiger partial charge in [0, 0.05) is 36.3 Å². The van der Waals surface area contributed by atoms with E-state index >= 15 is 0 Å². The number of nitrogens with zero attached hydrogens (tertiary/aromatic N) is 4. The highest BCUT2D eigenvalue weighted by atomic mass is 16.5. The maximum atomic E-state index is 5.48. The molecule has 3 N–H and O–H groups in total. The summed E-state index contributed by atoms with van der Waals surface area (Å²) in [6.07, 6.45) is 5.41. The first-order valence-corrected chi connectivity index (χ1v) is 8.66. The van der Waals surface area contributed by atoms with Crippen LogP contribution in [0.5, 0.6) is 6.01 Å². The van der Waals surface area contributed by atoms with Crippen molar-refractivity contribution in [1.82, 2.24) is 24.9 Å². The minimum Gasteiger partial charge on any atom is -0.464 e. The minimum absolute atomic E-state index is 0.271. The third kappa shape index (κ3) is 4.12. The van der Waals surface area contributed by atoms with Crippen LogP contribution in [0.15, 0.2) is 55.0 Å². The Morgan fingerprint density at radius 1 is 1.00 bits per heavy atom. The van der Waals surface area contributed by atoms with Gasteiger partial charge in [0.05, 0.1) is 6.61 Å². The Morgan fingerprint density at radius 2 is 1.85 bits per heavy atom. The van der Waals surface area contributed by atoms with E-state index in [4.69, 9.17) is 4.74 Å². The molecule has 0 unspecified atom stereocenters. The molecule has 0 aliphatic carbocycles. The molecule has 0 radical (unpaired) electrons. The number of pyridine rings is 1. The monoisotopic (exact) mass is 361 g/mol. The van der Waals surface area contributed by atoms with Crippen molar-refractivity contribution in [1.29, 1.82) is 0 Å². The van der Waals surface area contributed by atoms with Crippen LogP contribution in [0.4, 0.5) is 17.6 Å². The van der Waals surface area contributed by atoms with Gasteiger partial charge < -0.3 is 20.4 Å². The molecule has 0 saturated carbocycles. The molecule has 27 heavy (non-hydrogen) atoms. The smallest absolute Gasteiger partial charge is 0.323 e. The molecular weight excluding hydrogens is 342 g/mol. The predicted molar refractivity (Wildman–Crippen MR) is 104 cm³/mol. The summed E-state index contributed by atoms with van der Waals surface area (Å²) >= 11 is 0. The fourth-order valence-corrected chi connectivity index (χ4v) is 2.62. The zero-order chi connectivity index (χ0) is 18.5. The van der Waals surface area contributed by atoms with Crippen LogP contribution in [0, 0.1) is 0 Å². The SMILES string of the molecule is CCOc1nc(NCc2ccncc2)nc(Nc2ccc3cc[nH]c3c2)n1. The maximum Gasteiger partial charge on any atom is 0.323 e. The molecule has 8 nitrogen and oxygen atoms in total. The van der Waals surface area contributed by atoms with Crippen LogP contribution in [0.2, 0.25) is 0 Å². The number of hydrogen-bond acceptors (Lipinski definition) is 7. The van der Waals surface area contributed by atoms with Crippen molar-refractivity contribution in [3.63, 3.8) is 0 Å². The number of aromatic nitrogens is 5. The first kappa shape index (κ1) is 16.8. The van der Waals surface area contributed by atoms with E-state index in [9.17, 15) is 0 Å². The third-order valence-corrected chi connectivity index (χ3v) is 3.90. The van der Waals surface area contributed by atoms with Crippen LogP contribution in [-0.2, 0) is 6.54 Å². The fraction of sp³-hybridized carbons (Fsp3) is 0.158. The second-order valence-corrected chi connectivity index (χ2v) is 5.81. The fourth-order valence-electron chi connectivity index (χ4n) is 2.62. The first-order valence-electron chi connectivity index (χ1n) is 8.66. The van der Waals surface area contributed by atoms with E-state index < -0.39 is 0 Å². The normalized spacial score (nSPS) is 10.7. The zero-order valence-electron chi connectivity index (χ0n) is 14.8. The highest BCUT2D eigenvalue weighted by Gasteiger charge is 2.08. The Bertz CT molecular complexity index is 1030. The Balaban J connectivity index is 1.56. The van der Waals surface area contributed by atoms with Gasteiger partial charge in [-0.1, -0.05) is 6.07 Å². The van der Waals surface area contributed by atoms with Crippen molar-refractivity contribution >= 4 is 28.5 Å². The van der Waals surface area contributed by atoms with Crippen LogP contribution in [-0.4, -0.2) is 31.5 Å². The average molecular weight is 361 g/mol. The Morgan fingerprint density at radius 3 is 2.70 bits per heavy atom. The molecule has 3 aromatic heterocycles. The van der Waals surface area contributed by atoms with Gasteiger partial charge in [-0.2, -0.15) is 15.0 Å². The van der Waals surface area contributed by atoms with Gasteiger partial charge >= 0.3 is 6.01 Å². The molecule has 0 aliphatic heterocycles. The molecule has 0 saturated heterocycles. The Kier molecular flexibility index (Phi) is 4.78. The summed E-state index contributed by atoms with van der Waals surface area (Å²) in [5.41, 5.74) is 2.99. The van der Waals surface area contributed by atoms with Crippen LogP contribution in [0.1, 0.15) is 12.5 Å². The van der Waals surface area contributed by atoms with E-state index in [-0.39, 0.29) is 6.01 Å². The number of H-pyrrole nitrogens is 1. The minimum atomic E-state index is 0.271. The van der Waals surface area contributed by atoms with E-state index in [0.29, 0.717) is 25.0 Å². The standard InChI is InChI=1S/C19H19N7O/c1-2-27-19-25-17(22-12-13-5-8-20-9-6-13)24-18(26-19)23-15-4-3-14-7-10-21-16(14)11-15/h3-11,21H,2,12H2,1H3,(H2,22,23,24,25,26). The molecule has 0 atom stereocenters. The lowest BCUT2D eigenvalue weighted by molar-refractivity contribution is 0.312. The van der Waals surface area contributed by atoms with Crippen molar-refractivity contribution in [3.05, 3.63) is 60.6 Å². The highest BCUT2D eigenvalue weighted by Crippen LogP contribution is 2.21. The number of benzene rings is 1. The number of aromatic amines is 1. The number of ether oxygens (including phenoxy) is 1. The van der Waals surface area contributed by atoms with Crippen LogP contribution >= 0.6 is 0 Å². The topological polar surface area (TPSA) is 101 Å². The van der Waals surface area contributed by atoms with E-state index in [0.717, 1.165) is 22.2 Å². The maximum absolute atomic E-state index is 5.48. The van der Waals surface area contributed by atoms with Gasteiger partial charge in [0.1, 0.15) is 0 Å². The second kappa shape index (κ2) is 7.69. The zero-order valence-corrected chi connectivity index (χ0v) is 14.8. The van der Waals surface area contributed by atoms with Gasteiger partial charge in [0.25, 0.3) is 0 Å². The van der Waals surface area contributed by atoms with Crippen LogP contribution < -0.4 is 15.4 Å². The average Bonchev–Trinajstić information content (AvgIpc) is 3.15. The summed E-state index contributed by atoms with van der Waals surface area (Å²) in [6, 6.07) is 12.2. The summed E-state index contributed by atoms with van der Waals surface area (Å²) in [5, 5.41) is 7.55. The van der Waals surface area contributed by atoms with Gasteiger partial charge in [0.2, 0.25) is 11.9 Å². The van der Waals surface area contributed by atoms with Crippen molar-refractivity contribution in [2.24, 2.45) is 0 Å². The summed E-state index contributed by atoms with van der Waals surface area (Å²) in [5.74, 6) is 0.852. The van der Waals surface area contributed by atoms with Crippen LogP contribution in [0.3, 0.4) is 0 Å². The highest BCUT2D eigenvalue weighted by molar-refractivity contribution is 5.83. The van der Waals surface area contributed by atoms with E-state index in [2.05, 4.69) is 35.6 Å². The quantitative estimate of drug-likeness (QED) is 0.463. The predicted octanol–water partition coefficient (Wildman–Crippen LogP) is 3.50. The molecule has 0 aliphatic rings. The largest absolute Gasteiger partial charge is 0.464 e. The molecular formula is C19H19N7O. The van der Waals surface area contributed by atoms with Crippen molar-refractivity contribution in [3.8, 4) is 6.01 Å². The van der Waals surface area contributed by atoms with Crippen molar-refractivity contribution in [2.75, 3.05) is 17.2 Å². The molecule has 0 spiro atoms. The summed E-state index contributed by atoms with van der Waals surface area (Å²) < 4.78 is 5.48. The molecule has 3 heterocycles. The lowest BCUT2D eigenvalue weighted by atomic mass is 10.2. The van der Waals surface area contributed by atoms with E-state index in [1.54, 1.807) is 12.4 Å². The summed E-state index contributed by atoms with van der Waals surface area (Å²) in [4.78, 5) is 20.3. The van der Waals surface area contributed by atoms with E-state index in [1.807, 2.05) is 49.5 Å². The number of hydrogen-bond donors (Lipinski definition) is 3. The molecule has 1 aromatic carbocycles. The number of fused-ring (bicyclic) bond motifs is 1. The van der Waals surface area contributed by atoms with Crippen molar-refractivity contribution in [2.45, 2.75) is 13.5 Å². The molecule has 0 amide bonds. The molecule has 0 fully saturated rings. The molecule has 136 valence electrons. The van der Waals surface area contributed by atoms with E-state index in [1.165, 1.54) is 0 Å². The summed E-state index contributed by atoms with van der Waals surface area (Å²) in [6.45, 7) is 2.94. The third-order valence-electron chi connectivity index (χ3n) is 3.90. The summed E-state index contributed by atoms with van der Waals surface area (Å²) in [7, 11) is 0. The number of nitrogens with one attached hydrogen (secondary N) is 3. The molecule has 4 rings (SSSR count). The molecule has 8 heteroatoms. The van der Waals surface area contributed by atoms with Gasteiger partial charge in [-0.25, -0.2) is 0 Å². The lowest BCUT2D eigenvalue weighted by Crippen LogP contribution is -2.09. The van der Waals surface area contributed by atoms with Gasteiger partial charge in [0.15, 0.2) is 0 Å². The van der Waals surface area contributed by atoms with Crippen LogP contribution in [0.25, 0.3) is 10.9 Å². The van der Waals surface area contributed by atoms with Crippen molar-refractivity contribution < 1.29 is 4.74 Å². The Labute approximate surface area is 156 Å².